The number of benzene rings is 1. The van der Waals surface area contributed by atoms with Crippen LogP contribution < -0.4 is 0 Å². The van der Waals surface area contributed by atoms with E-state index in [1.807, 2.05) is 48.8 Å². The molecule has 0 unspecified atom stereocenters. The smallest absolute Gasteiger partial charge is 0.410 e. The van der Waals surface area contributed by atoms with Crippen molar-refractivity contribution < 1.29 is 19.1 Å². The van der Waals surface area contributed by atoms with E-state index in [4.69, 9.17) is 4.74 Å². The highest BCUT2D eigenvalue weighted by Crippen LogP contribution is 2.31. The van der Waals surface area contributed by atoms with Gasteiger partial charge in [-0.1, -0.05) is 6.07 Å². The van der Waals surface area contributed by atoms with E-state index in [9.17, 15) is 19.6 Å². The number of nitrogens with zero attached hydrogens (tertiary/aromatic N) is 5. The van der Waals surface area contributed by atoms with Crippen LogP contribution in [0.5, 0.6) is 0 Å². The molecule has 3 amide bonds. The summed E-state index contributed by atoms with van der Waals surface area (Å²) in [6.07, 6.45) is 6.16. The normalized spacial score (nSPS) is 21.6. The zero-order valence-corrected chi connectivity index (χ0v) is 25.6. The van der Waals surface area contributed by atoms with Gasteiger partial charge in [-0.15, -0.1) is 0 Å². The molecule has 1 aromatic heterocycles. The maximum atomic E-state index is 13.9. The fraction of sp³-hybridized carbons (Fsp3) is 0.636. The van der Waals surface area contributed by atoms with Crippen LogP contribution in [-0.4, -0.2) is 81.0 Å². The molecular weight excluding hydrogens is 530 g/mol. The van der Waals surface area contributed by atoms with E-state index >= 15 is 0 Å². The molecule has 3 fully saturated rings. The van der Waals surface area contributed by atoms with Crippen LogP contribution in [0.1, 0.15) is 83.9 Å². The van der Waals surface area contributed by atoms with Crippen molar-refractivity contribution in [3.8, 4) is 6.07 Å². The SMILES string of the molecule is CCn1c(CC[C@@H]2CCCN2C(=O)[C@H]2CCCN2C(=O)C2CCN(C(=O)OC(C)(C)C)CC2)cc2ccc(C#N)cc21. The van der Waals surface area contributed by atoms with Crippen molar-refractivity contribution in [1.29, 1.82) is 5.26 Å². The first kappa shape index (κ1) is 29.9. The van der Waals surface area contributed by atoms with Crippen LogP contribution in [-0.2, 0) is 27.3 Å². The van der Waals surface area contributed by atoms with Gasteiger partial charge < -0.3 is 24.0 Å². The molecule has 0 radical (unpaired) electrons. The number of amides is 3. The van der Waals surface area contributed by atoms with Gasteiger partial charge in [-0.2, -0.15) is 5.26 Å². The molecule has 42 heavy (non-hydrogen) atoms. The van der Waals surface area contributed by atoms with Gasteiger partial charge in [0.15, 0.2) is 0 Å². The lowest BCUT2D eigenvalue weighted by molar-refractivity contribution is -0.147. The molecule has 9 nitrogen and oxygen atoms in total. The topological polar surface area (TPSA) is 98.9 Å². The lowest BCUT2D eigenvalue weighted by Crippen LogP contribution is -2.52. The van der Waals surface area contributed by atoms with Gasteiger partial charge in [-0.05, 0) is 103 Å². The van der Waals surface area contributed by atoms with Gasteiger partial charge in [-0.25, -0.2) is 4.79 Å². The number of rotatable bonds is 6. The second kappa shape index (κ2) is 12.4. The minimum absolute atomic E-state index is 0.0645. The Morgan fingerprint density at radius 2 is 1.67 bits per heavy atom. The first-order chi connectivity index (χ1) is 20.1. The molecule has 0 N–H and O–H groups in total. The summed E-state index contributed by atoms with van der Waals surface area (Å²) in [6.45, 7) is 10.9. The zero-order chi connectivity index (χ0) is 30.0. The van der Waals surface area contributed by atoms with Gasteiger partial charge in [-0.3, -0.25) is 9.59 Å². The first-order valence-electron chi connectivity index (χ1n) is 15.7. The number of piperidine rings is 1. The molecule has 4 heterocycles. The van der Waals surface area contributed by atoms with Crippen LogP contribution in [0, 0.1) is 17.2 Å². The van der Waals surface area contributed by atoms with E-state index in [2.05, 4.69) is 23.6 Å². The van der Waals surface area contributed by atoms with Gasteiger partial charge in [0.2, 0.25) is 11.8 Å². The third-order valence-corrected chi connectivity index (χ3v) is 9.15. The van der Waals surface area contributed by atoms with Crippen LogP contribution in [0.4, 0.5) is 4.79 Å². The molecule has 0 aliphatic carbocycles. The molecule has 5 rings (SSSR count). The Hall–Kier alpha value is -3.54. The molecule has 226 valence electrons. The largest absolute Gasteiger partial charge is 0.444 e. The van der Waals surface area contributed by atoms with Crippen molar-refractivity contribution >= 4 is 28.8 Å². The summed E-state index contributed by atoms with van der Waals surface area (Å²) in [5.41, 5.74) is 2.44. The zero-order valence-electron chi connectivity index (χ0n) is 25.6. The average molecular weight is 576 g/mol. The minimum Gasteiger partial charge on any atom is -0.444 e. The highest BCUT2D eigenvalue weighted by molar-refractivity contribution is 5.89. The maximum Gasteiger partial charge on any atom is 0.410 e. The predicted molar refractivity (Wildman–Crippen MR) is 161 cm³/mol. The molecular formula is C33H45N5O4. The number of hydrogen-bond acceptors (Lipinski definition) is 5. The molecule has 9 heteroatoms. The molecule has 3 aliphatic rings. The molecule has 3 saturated heterocycles. The van der Waals surface area contributed by atoms with Gasteiger partial charge in [0.1, 0.15) is 11.6 Å². The van der Waals surface area contributed by atoms with Gasteiger partial charge >= 0.3 is 6.09 Å². The van der Waals surface area contributed by atoms with Gasteiger partial charge in [0, 0.05) is 55.9 Å². The van der Waals surface area contributed by atoms with Crippen LogP contribution in [0.2, 0.25) is 0 Å². The number of fused-ring (bicyclic) bond motifs is 1. The molecule has 1 aromatic carbocycles. The summed E-state index contributed by atoms with van der Waals surface area (Å²) < 4.78 is 7.78. The van der Waals surface area contributed by atoms with E-state index in [-0.39, 0.29) is 35.9 Å². The Balaban J connectivity index is 1.20. The number of hydrogen-bond donors (Lipinski definition) is 0. The van der Waals surface area contributed by atoms with Gasteiger partial charge in [0.05, 0.1) is 11.6 Å². The Kier molecular flexibility index (Phi) is 8.81. The summed E-state index contributed by atoms with van der Waals surface area (Å²) in [5, 5.41) is 10.5. The van der Waals surface area contributed by atoms with Crippen molar-refractivity contribution in [2.75, 3.05) is 26.2 Å². The highest BCUT2D eigenvalue weighted by atomic mass is 16.6. The number of ether oxygens (including phenoxy) is 1. The van der Waals surface area contributed by atoms with Crippen LogP contribution in [0.3, 0.4) is 0 Å². The monoisotopic (exact) mass is 575 g/mol. The molecule has 2 atom stereocenters. The summed E-state index contributed by atoms with van der Waals surface area (Å²) in [7, 11) is 0. The summed E-state index contributed by atoms with van der Waals surface area (Å²) in [5.74, 6) is 0.00264. The molecule has 2 aromatic rings. The highest BCUT2D eigenvalue weighted by Gasteiger charge is 2.42. The van der Waals surface area contributed by atoms with E-state index < -0.39 is 5.60 Å². The number of carbonyl (C=O) groups excluding carboxylic acids is 3. The van der Waals surface area contributed by atoms with Crippen LogP contribution in [0.25, 0.3) is 10.9 Å². The number of likely N-dealkylation sites (tertiary alicyclic amines) is 3. The molecule has 0 saturated carbocycles. The summed E-state index contributed by atoms with van der Waals surface area (Å²) in [4.78, 5) is 45.6. The van der Waals surface area contributed by atoms with Crippen molar-refractivity contribution in [3.05, 3.63) is 35.5 Å². The van der Waals surface area contributed by atoms with E-state index in [1.54, 1.807) is 4.90 Å². The Bertz CT molecular complexity index is 1360. The third-order valence-electron chi connectivity index (χ3n) is 9.15. The number of aryl methyl sites for hydroxylation is 2. The van der Waals surface area contributed by atoms with Crippen LogP contribution in [0.15, 0.2) is 24.3 Å². The van der Waals surface area contributed by atoms with Crippen molar-refractivity contribution in [2.24, 2.45) is 5.92 Å². The number of carbonyl (C=O) groups is 3. The third kappa shape index (κ3) is 6.28. The van der Waals surface area contributed by atoms with E-state index in [1.165, 1.54) is 5.69 Å². The first-order valence-corrected chi connectivity index (χ1v) is 15.7. The lowest BCUT2D eigenvalue weighted by Gasteiger charge is -2.36. The Labute approximate surface area is 249 Å². The quantitative estimate of drug-likeness (QED) is 0.478. The average Bonchev–Trinajstić information content (AvgIpc) is 3.72. The Morgan fingerprint density at radius 1 is 0.952 bits per heavy atom. The standard InChI is InChI=1S/C33H45N5O4/c1-5-36-27(21-25-11-10-23(22-34)20-29(25)36)13-12-26-8-6-16-37(26)31(40)28-9-7-17-38(28)30(39)24-14-18-35(19-15-24)32(41)42-33(2,3)4/h10-11,20-21,24,26,28H,5-9,12-19H2,1-4H3/t26-,28+/m0/s1. The molecule has 3 aliphatic heterocycles. The Morgan fingerprint density at radius 3 is 2.36 bits per heavy atom. The molecule has 0 bridgehead atoms. The van der Waals surface area contributed by atoms with Gasteiger partial charge in [0.25, 0.3) is 0 Å². The van der Waals surface area contributed by atoms with Crippen molar-refractivity contribution in [3.63, 3.8) is 0 Å². The second-order valence-corrected chi connectivity index (χ2v) is 13.1. The van der Waals surface area contributed by atoms with Crippen molar-refractivity contribution in [2.45, 2.75) is 103 Å². The van der Waals surface area contributed by atoms with Crippen molar-refractivity contribution in [1.82, 2.24) is 19.3 Å². The van der Waals surface area contributed by atoms with Crippen LogP contribution >= 0.6 is 0 Å². The van der Waals surface area contributed by atoms with E-state index in [0.29, 0.717) is 38.0 Å². The molecule has 0 spiro atoms. The van der Waals surface area contributed by atoms with E-state index in [0.717, 1.165) is 62.5 Å². The lowest BCUT2D eigenvalue weighted by atomic mass is 9.95. The number of nitriles is 1. The fourth-order valence-corrected chi connectivity index (χ4v) is 7.05. The minimum atomic E-state index is -0.545. The second-order valence-electron chi connectivity index (χ2n) is 13.1. The predicted octanol–water partition coefficient (Wildman–Crippen LogP) is 5.09. The summed E-state index contributed by atoms with van der Waals surface area (Å²) in [6, 6.07) is 10.1. The number of aromatic nitrogens is 1. The maximum absolute atomic E-state index is 13.9. The summed E-state index contributed by atoms with van der Waals surface area (Å²) >= 11 is 0. The fourth-order valence-electron chi connectivity index (χ4n) is 7.05.